The number of hydrogen-bond donors (Lipinski definition) is 0. The van der Waals surface area contributed by atoms with E-state index in [1.807, 2.05) is 14.1 Å². The number of nitrogens with zero attached hydrogens (tertiary/aromatic N) is 4. The van der Waals surface area contributed by atoms with Crippen molar-refractivity contribution in [3.05, 3.63) is 17.7 Å². The summed E-state index contributed by atoms with van der Waals surface area (Å²) in [5.41, 5.74) is 1.36. The number of hydrogen-bond acceptors (Lipinski definition) is 5. The Balaban J connectivity index is 2.55. The van der Waals surface area contributed by atoms with Crippen molar-refractivity contribution in [2.45, 2.75) is 18.9 Å². The highest BCUT2D eigenvalue weighted by Crippen LogP contribution is 2.37. The lowest BCUT2D eigenvalue weighted by atomic mass is 10.1. The van der Waals surface area contributed by atoms with Crippen LogP contribution in [0, 0.1) is 11.3 Å². The third kappa shape index (κ3) is 4.74. The number of ether oxygens (including phenoxy) is 1. The Hall–Kier alpha value is -2.07. The molecule has 0 spiro atoms. The van der Waals surface area contributed by atoms with Crippen LogP contribution < -0.4 is 4.74 Å². The van der Waals surface area contributed by atoms with Gasteiger partial charge in [-0.15, -0.1) is 0 Å². The van der Waals surface area contributed by atoms with Crippen LogP contribution in [0.3, 0.4) is 0 Å². The molecule has 0 heterocycles. The van der Waals surface area contributed by atoms with Gasteiger partial charge in [0, 0.05) is 42.4 Å². The lowest BCUT2D eigenvalue weighted by Gasteiger charge is -2.11. The highest BCUT2D eigenvalue weighted by atomic mass is 32.2. The first-order valence-electron chi connectivity index (χ1n) is 6.91. The molecular weight excluding hydrogens is 300 g/mol. The van der Waals surface area contributed by atoms with E-state index in [-0.39, 0.29) is 6.10 Å². The summed E-state index contributed by atoms with van der Waals surface area (Å²) in [6.45, 7) is 0. The van der Waals surface area contributed by atoms with E-state index in [0.717, 1.165) is 12.8 Å². The molecule has 1 aromatic rings. The lowest BCUT2D eigenvalue weighted by molar-refractivity contribution is 0.302. The van der Waals surface area contributed by atoms with Crippen LogP contribution in [0.4, 0.5) is 11.4 Å². The molecule has 1 aromatic carbocycles. The van der Waals surface area contributed by atoms with Gasteiger partial charge < -0.3 is 9.64 Å². The number of aliphatic imine (C=N–C) groups is 1. The minimum atomic E-state index is -2.30. The Bertz CT molecular complexity index is 744. The zero-order valence-electron chi connectivity index (χ0n) is 13.2. The Morgan fingerprint density at radius 3 is 2.59 bits per heavy atom. The average molecular weight is 320 g/mol. The number of rotatable bonds is 5. The first kappa shape index (κ1) is 16.3. The Morgan fingerprint density at radius 1 is 1.41 bits per heavy atom. The molecule has 7 heteroatoms. The Morgan fingerprint density at radius 2 is 2.09 bits per heavy atom. The average Bonchev–Trinajstić information content (AvgIpc) is 3.18. The van der Waals surface area contributed by atoms with Crippen LogP contribution >= 0.6 is 0 Å². The molecule has 1 fully saturated rings. The van der Waals surface area contributed by atoms with E-state index < -0.39 is 9.73 Å². The summed E-state index contributed by atoms with van der Waals surface area (Å²) in [6.07, 6.45) is 6.86. The fourth-order valence-electron chi connectivity index (χ4n) is 1.74. The second kappa shape index (κ2) is 6.36. The molecule has 1 aliphatic rings. The van der Waals surface area contributed by atoms with Crippen LogP contribution in [0.25, 0.3) is 0 Å². The molecule has 0 unspecified atom stereocenters. The van der Waals surface area contributed by atoms with Crippen LogP contribution in [-0.4, -0.2) is 48.2 Å². The normalized spacial score (nSPS) is 14.7. The van der Waals surface area contributed by atoms with Gasteiger partial charge in [0.25, 0.3) is 0 Å². The molecule has 0 aliphatic heterocycles. The summed E-state index contributed by atoms with van der Waals surface area (Å²) < 4.78 is 21.9. The molecule has 118 valence electrons. The second-order valence-corrected chi connectivity index (χ2v) is 8.29. The molecule has 0 saturated heterocycles. The van der Waals surface area contributed by atoms with Gasteiger partial charge in [-0.3, -0.25) is 0 Å². The van der Waals surface area contributed by atoms with Crippen molar-refractivity contribution in [3.63, 3.8) is 0 Å². The molecule has 0 atom stereocenters. The minimum absolute atomic E-state index is 0.153. The third-order valence-corrected chi connectivity index (χ3v) is 3.40. The summed E-state index contributed by atoms with van der Waals surface area (Å²) in [5.74, 6) is 0.459. The van der Waals surface area contributed by atoms with E-state index in [2.05, 4.69) is 15.4 Å². The molecule has 1 aliphatic carbocycles. The van der Waals surface area contributed by atoms with E-state index in [1.165, 1.54) is 0 Å². The predicted octanol–water partition coefficient (Wildman–Crippen LogP) is 2.68. The smallest absolute Gasteiger partial charge is 0.141 e. The van der Waals surface area contributed by atoms with Gasteiger partial charge in [0.1, 0.15) is 17.4 Å². The van der Waals surface area contributed by atoms with Crippen molar-refractivity contribution >= 4 is 27.4 Å². The maximum absolute atomic E-state index is 11.9. The highest BCUT2D eigenvalue weighted by molar-refractivity contribution is 7.92. The fourth-order valence-corrected chi connectivity index (χ4v) is 2.36. The van der Waals surface area contributed by atoms with Gasteiger partial charge in [0.05, 0.1) is 23.8 Å². The van der Waals surface area contributed by atoms with Gasteiger partial charge >= 0.3 is 0 Å². The van der Waals surface area contributed by atoms with Gasteiger partial charge in [-0.2, -0.15) is 9.62 Å². The van der Waals surface area contributed by atoms with Crippen LogP contribution in [0.1, 0.15) is 18.4 Å². The van der Waals surface area contributed by atoms with Crippen LogP contribution in [0.5, 0.6) is 5.75 Å². The third-order valence-electron chi connectivity index (χ3n) is 2.75. The van der Waals surface area contributed by atoms with Gasteiger partial charge in [-0.1, -0.05) is 0 Å². The molecule has 22 heavy (non-hydrogen) atoms. The zero-order chi connectivity index (χ0) is 16.3. The predicted molar refractivity (Wildman–Crippen MR) is 88.7 cm³/mol. The van der Waals surface area contributed by atoms with Crippen LogP contribution in [0.15, 0.2) is 21.5 Å². The van der Waals surface area contributed by atoms with E-state index in [9.17, 15) is 9.47 Å². The van der Waals surface area contributed by atoms with E-state index >= 15 is 0 Å². The topological polar surface area (TPSA) is 78.1 Å². The summed E-state index contributed by atoms with van der Waals surface area (Å²) in [5, 5.41) is 9.42. The molecule has 0 amide bonds. The van der Waals surface area contributed by atoms with Crippen molar-refractivity contribution < 1.29 is 8.95 Å². The van der Waals surface area contributed by atoms with Gasteiger partial charge in [-0.25, -0.2) is 9.20 Å². The molecule has 0 aromatic heterocycles. The summed E-state index contributed by atoms with van der Waals surface area (Å²) in [4.78, 5) is 6.07. The molecule has 1 saturated carbocycles. The van der Waals surface area contributed by atoms with Crippen molar-refractivity contribution in [2.24, 2.45) is 9.36 Å². The summed E-state index contributed by atoms with van der Waals surface area (Å²) in [7, 11) is 1.39. The SMILES string of the molecule is CN(C)/C=N/c1cc(N=S(C)(C)=O)cc(OC2CC2)c1C#N. The molecule has 0 bridgehead atoms. The van der Waals surface area contributed by atoms with E-state index in [1.54, 1.807) is 35.9 Å². The fraction of sp³-hybridized carbons (Fsp3) is 0.467. The quantitative estimate of drug-likeness (QED) is 0.617. The van der Waals surface area contributed by atoms with Crippen LogP contribution in [0.2, 0.25) is 0 Å². The molecule has 0 radical (unpaired) electrons. The molecule has 6 nitrogen and oxygen atoms in total. The van der Waals surface area contributed by atoms with Crippen LogP contribution in [-0.2, 0) is 9.73 Å². The van der Waals surface area contributed by atoms with Gasteiger partial charge in [0.15, 0.2) is 0 Å². The maximum atomic E-state index is 11.9. The Labute approximate surface area is 131 Å². The molecule has 2 rings (SSSR count). The zero-order valence-corrected chi connectivity index (χ0v) is 14.1. The number of nitriles is 1. The first-order chi connectivity index (χ1) is 10.3. The first-order valence-corrected chi connectivity index (χ1v) is 9.24. The van der Waals surface area contributed by atoms with Gasteiger partial charge in [0.2, 0.25) is 0 Å². The Kier molecular flexibility index (Phi) is 4.71. The molecule has 0 N–H and O–H groups in total. The number of benzene rings is 1. The second-order valence-electron chi connectivity index (χ2n) is 5.75. The summed E-state index contributed by atoms with van der Waals surface area (Å²) in [6, 6.07) is 5.46. The highest BCUT2D eigenvalue weighted by Gasteiger charge is 2.25. The van der Waals surface area contributed by atoms with E-state index in [0.29, 0.717) is 22.7 Å². The van der Waals surface area contributed by atoms with Crippen molar-refractivity contribution in [1.29, 1.82) is 5.26 Å². The van der Waals surface area contributed by atoms with Crippen molar-refractivity contribution in [1.82, 2.24) is 4.90 Å². The van der Waals surface area contributed by atoms with Crippen molar-refractivity contribution in [2.75, 3.05) is 26.6 Å². The monoisotopic (exact) mass is 320 g/mol. The van der Waals surface area contributed by atoms with E-state index in [4.69, 9.17) is 4.74 Å². The maximum Gasteiger partial charge on any atom is 0.141 e. The minimum Gasteiger partial charge on any atom is -0.489 e. The lowest BCUT2D eigenvalue weighted by Crippen LogP contribution is -2.07. The largest absolute Gasteiger partial charge is 0.489 e. The standard InChI is InChI=1S/C15H20N4O2S/c1-19(2)10-17-14-7-11(18-22(3,4)20)8-15(13(14)9-16)21-12-5-6-12/h7-8,10,12H,5-6H2,1-4H3/b17-10+. The van der Waals surface area contributed by atoms with Crippen molar-refractivity contribution in [3.8, 4) is 11.8 Å². The molecular formula is C15H20N4O2S. The van der Waals surface area contributed by atoms with Gasteiger partial charge in [-0.05, 0) is 18.9 Å². The summed E-state index contributed by atoms with van der Waals surface area (Å²) >= 11 is 0.